The first kappa shape index (κ1) is 42.6. The van der Waals surface area contributed by atoms with Gasteiger partial charge in [0.15, 0.2) is 0 Å². The third-order valence-electron chi connectivity index (χ3n) is 5.77. The Morgan fingerprint density at radius 2 is 0.551 bits per heavy atom. The maximum atomic E-state index is 13.0. The predicted molar refractivity (Wildman–Crippen MR) is 149 cm³/mol. The second-order valence-corrected chi connectivity index (χ2v) is 9.84. The maximum Gasteiger partial charge on any atom is 0.326 e. The summed E-state index contributed by atoms with van der Waals surface area (Å²) in [5.74, 6) is -19.9. The Labute approximate surface area is 272 Å². The van der Waals surface area contributed by atoms with E-state index in [0.717, 1.165) is 0 Å². The number of carbonyl (C=O) groups is 12. The zero-order valence-corrected chi connectivity index (χ0v) is 24.8. The van der Waals surface area contributed by atoms with Crippen LogP contribution in [0.2, 0.25) is 0 Å². The number of rotatable bonds is 23. The highest BCUT2D eigenvalue weighted by molar-refractivity contribution is 6.00. The van der Waals surface area contributed by atoms with Gasteiger partial charge in [0.2, 0.25) is 29.5 Å². The minimum atomic E-state index is -2.26. The number of hydrogen-bond donors (Lipinski definition) is 13. The number of carboxylic acids is 7. The molecule has 0 heterocycles. The number of nitrogens with two attached hydrogens (primary N) is 1. The molecular formula is C24H32N6O19. The molecule has 6 unspecified atom stereocenters. The minimum Gasteiger partial charge on any atom is -0.481 e. The van der Waals surface area contributed by atoms with Crippen molar-refractivity contribution in [3.05, 3.63) is 0 Å². The maximum absolute atomic E-state index is 13.0. The van der Waals surface area contributed by atoms with Gasteiger partial charge in [-0.05, 0) is 0 Å². The molecule has 0 spiro atoms. The first-order valence-corrected chi connectivity index (χ1v) is 13.3. The van der Waals surface area contributed by atoms with Crippen LogP contribution in [0.15, 0.2) is 0 Å². The molecule has 0 saturated carbocycles. The van der Waals surface area contributed by atoms with Crippen LogP contribution in [0.4, 0.5) is 0 Å². The topological polar surface area (TPSA) is 433 Å². The SMILES string of the molecule is NC(CC(=O)O)C(=O)NC(CC(=O)O)C(=O)NC(CC(=O)O)C(=O)NC(CC(=O)O)C(=O)NC(CC(=O)O)C(=O)NC(CC(=O)O)C(=O)O. The van der Waals surface area contributed by atoms with Crippen LogP contribution in [0.3, 0.4) is 0 Å². The summed E-state index contributed by atoms with van der Waals surface area (Å²) < 4.78 is 0. The summed E-state index contributed by atoms with van der Waals surface area (Å²) in [7, 11) is 0. The van der Waals surface area contributed by atoms with Gasteiger partial charge in [-0.1, -0.05) is 0 Å². The number of aliphatic carboxylic acids is 7. The van der Waals surface area contributed by atoms with Gasteiger partial charge >= 0.3 is 41.8 Å². The molecule has 0 aliphatic carbocycles. The van der Waals surface area contributed by atoms with Gasteiger partial charge in [0.25, 0.3) is 0 Å². The highest BCUT2D eigenvalue weighted by Gasteiger charge is 2.36. The van der Waals surface area contributed by atoms with Crippen LogP contribution < -0.4 is 32.3 Å². The largest absolute Gasteiger partial charge is 0.481 e. The van der Waals surface area contributed by atoms with Crippen molar-refractivity contribution in [1.29, 1.82) is 0 Å². The van der Waals surface area contributed by atoms with E-state index in [0.29, 0.717) is 0 Å². The zero-order valence-electron chi connectivity index (χ0n) is 24.8. The molecule has 0 saturated heterocycles. The van der Waals surface area contributed by atoms with Crippen molar-refractivity contribution in [3.63, 3.8) is 0 Å². The van der Waals surface area contributed by atoms with Crippen LogP contribution in [-0.4, -0.2) is 143 Å². The fourth-order valence-corrected chi connectivity index (χ4v) is 3.56. The highest BCUT2D eigenvalue weighted by Crippen LogP contribution is 2.05. The Hall–Kier alpha value is -6.40. The van der Waals surface area contributed by atoms with E-state index in [4.69, 9.17) is 31.3 Å². The minimum absolute atomic E-state index is 0.957. The van der Waals surface area contributed by atoms with E-state index in [2.05, 4.69) is 0 Å². The van der Waals surface area contributed by atoms with Gasteiger partial charge in [-0.2, -0.15) is 0 Å². The van der Waals surface area contributed by atoms with Crippen molar-refractivity contribution in [3.8, 4) is 0 Å². The molecule has 0 bridgehead atoms. The van der Waals surface area contributed by atoms with Crippen LogP contribution in [0.5, 0.6) is 0 Å². The molecule has 0 aromatic carbocycles. The van der Waals surface area contributed by atoms with Crippen LogP contribution in [0, 0.1) is 0 Å². The summed E-state index contributed by atoms with van der Waals surface area (Å²) in [5, 5.41) is 72.2. The van der Waals surface area contributed by atoms with Crippen molar-refractivity contribution < 1.29 is 93.3 Å². The van der Waals surface area contributed by atoms with Crippen molar-refractivity contribution in [2.24, 2.45) is 5.73 Å². The normalized spacial score (nSPS) is 14.1. The molecule has 5 amide bonds. The standard InChI is InChI=1S/C24H32N6O19/c25-7(1-13(31)32)19(43)26-8(2-14(33)34)20(44)27-9(3-15(35)36)21(45)28-10(4-16(37)38)22(46)29-11(5-17(39)40)23(47)30-12(24(48)49)6-18(41)42/h7-12H,1-6,25H2,(H,26,43)(H,27,44)(H,28,45)(H,29,46)(H,30,47)(H,31,32)(H,33,34)(H,35,36)(H,37,38)(H,39,40)(H,41,42)(H,48,49). The summed E-state index contributed by atoms with van der Waals surface area (Å²) in [6.45, 7) is 0. The molecule has 272 valence electrons. The van der Waals surface area contributed by atoms with Crippen molar-refractivity contribution in [2.75, 3.05) is 0 Å². The first-order valence-electron chi connectivity index (χ1n) is 13.3. The summed E-state index contributed by atoms with van der Waals surface area (Å²) in [5.41, 5.74) is 5.36. The number of carbonyl (C=O) groups excluding carboxylic acids is 5. The number of nitrogens with one attached hydrogen (secondary N) is 5. The summed E-state index contributed by atoms with van der Waals surface area (Å²) in [6.07, 6.45) is -7.27. The lowest BCUT2D eigenvalue weighted by molar-refractivity contribution is -0.148. The van der Waals surface area contributed by atoms with Crippen LogP contribution in [0.25, 0.3) is 0 Å². The van der Waals surface area contributed by atoms with Crippen molar-refractivity contribution in [1.82, 2.24) is 26.6 Å². The van der Waals surface area contributed by atoms with E-state index in [9.17, 15) is 67.7 Å². The monoisotopic (exact) mass is 708 g/mol. The quantitative estimate of drug-likeness (QED) is 0.0469. The van der Waals surface area contributed by atoms with Gasteiger partial charge < -0.3 is 68.1 Å². The highest BCUT2D eigenvalue weighted by atomic mass is 16.4. The fourth-order valence-electron chi connectivity index (χ4n) is 3.56. The third-order valence-corrected chi connectivity index (χ3v) is 5.77. The average molecular weight is 709 g/mol. The Kier molecular flexibility index (Phi) is 17.4. The lowest BCUT2D eigenvalue weighted by Crippen LogP contribution is -2.60. The Morgan fingerprint density at radius 1 is 0.347 bits per heavy atom. The molecule has 0 aromatic heterocycles. The predicted octanol–water partition coefficient (Wildman–Crippen LogP) is -6.33. The van der Waals surface area contributed by atoms with Gasteiger partial charge in [-0.25, -0.2) is 4.79 Å². The number of carboxylic acid groups (broad SMARTS) is 7. The fraction of sp³-hybridized carbons (Fsp3) is 0.500. The van der Waals surface area contributed by atoms with E-state index in [-0.39, 0.29) is 0 Å². The van der Waals surface area contributed by atoms with Crippen LogP contribution in [0.1, 0.15) is 38.5 Å². The Bertz CT molecular complexity index is 1370. The molecule has 49 heavy (non-hydrogen) atoms. The van der Waals surface area contributed by atoms with E-state index in [1.54, 1.807) is 21.3 Å². The van der Waals surface area contributed by atoms with Crippen LogP contribution in [-0.2, 0) is 57.5 Å². The van der Waals surface area contributed by atoms with E-state index in [1.165, 1.54) is 0 Å². The summed E-state index contributed by atoms with van der Waals surface area (Å²) >= 11 is 0. The van der Waals surface area contributed by atoms with Crippen LogP contribution >= 0.6 is 0 Å². The van der Waals surface area contributed by atoms with Gasteiger partial charge in [-0.15, -0.1) is 0 Å². The zero-order chi connectivity index (χ0) is 38.2. The lowest BCUT2D eigenvalue weighted by atomic mass is 10.1. The first-order chi connectivity index (χ1) is 22.5. The molecule has 0 aliphatic heterocycles. The number of amides is 5. The number of hydrogen-bond acceptors (Lipinski definition) is 13. The summed E-state index contributed by atoms with van der Waals surface area (Å²) in [4.78, 5) is 142. The second-order valence-electron chi connectivity index (χ2n) is 9.84. The van der Waals surface area contributed by atoms with Crippen molar-refractivity contribution in [2.45, 2.75) is 74.8 Å². The van der Waals surface area contributed by atoms with Gasteiger partial charge in [0.05, 0.1) is 44.6 Å². The molecular weight excluding hydrogens is 676 g/mol. The lowest BCUT2D eigenvalue weighted by Gasteiger charge is -2.25. The molecule has 6 atom stereocenters. The van der Waals surface area contributed by atoms with E-state index < -0.39 is 146 Å². The Morgan fingerprint density at radius 3 is 0.776 bits per heavy atom. The third kappa shape index (κ3) is 17.2. The molecule has 14 N–H and O–H groups in total. The van der Waals surface area contributed by atoms with Gasteiger partial charge in [0.1, 0.15) is 30.2 Å². The van der Waals surface area contributed by atoms with Gasteiger partial charge in [0, 0.05) is 0 Å². The van der Waals surface area contributed by atoms with E-state index >= 15 is 0 Å². The summed E-state index contributed by atoms with van der Waals surface area (Å²) in [6, 6.07) is -12.7. The molecule has 0 radical (unpaired) electrons. The molecule has 0 aromatic rings. The van der Waals surface area contributed by atoms with E-state index in [1.807, 2.05) is 5.32 Å². The molecule has 25 heteroatoms. The average Bonchev–Trinajstić information content (AvgIpc) is 2.93. The molecule has 25 nitrogen and oxygen atoms in total. The molecule has 0 aliphatic rings. The smallest absolute Gasteiger partial charge is 0.326 e. The van der Waals surface area contributed by atoms with Gasteiger partial charge in [-0.3, -0.25) is 52.7 Å². The van der Waals surface area contributed by atoms with Crippen molar-refractivity contribution >= 4 is 71.3 Å². The molecule has 0 rings (SSSR count). The second kappa shape index (κ2) is 20.0. The molecule has 0 fully saturated rings. The Balaban J connectivity index is 6.20.